The van der Waals surface area contributed by atoms with Crippen molar-refractivity contribution in [3.63, 3.8) is 0 Å². The van der Waals surface area contributed by atoms with E-state index in [9.17, 15) is 4.79 Å². The Kier molecular flexibility index (Phi) is 4.96. The van der Waals surface area contributed by atoms with E-state index < -0.39 is 5.97 Å². The third-order valence-electron chi connectivity index (χ3n) is 2.15. The minimum atomic E-state index is -0.467. The first-order valence-corrected chi connectivity index (χ1v) is 5.13. The van der Waals surface area contributed by atoms with Gasteiger partial charge in [-0.3, -0.25) is 0 Å². The fraction of sp³-hybridized carbons (Fsp3) is 0.154. The molecule has 5 heteroatoms. The zero-order valence-electron chi connectivity index (χ0n) is 9.80. The number of nitriles is 2. The number of nitrogens with zero attached hydrogens (tertiary/aromatic N) is 2. The topological polar surface area (TPSA) is 85.9 Å². The molecule has 1 N–H and O–H groups in total. The van der Waals surface area contributed by atoms with Gasteiger partial charge in [0.2, 0.25) is 0 Å². The Morgan fingerprint density at radius 3 is 2.78 bits per heavy atom. The Morgan fingerprint density at radius 2 is 2.17 bits per heavy atom. The summed E-state index contributed by atoms with van der Waals surface area (Å²) in [6, 6.07) is 10.5. The number of allylic oxidation sites excluding steroid dienone is 1. The van der Waals surface area contributed by atoms with Crippen LogP contribution in [0.4, 0.5) is 5.69 Å². The summed E-state index contributed by atoms with van der Waals surface area (Å²) in [5.74, 6) is -0.467. The van der Waals surface area contributed by atoms with Crippen LogP contribution in [0.2, 0.25) is 0 Å². The van der Waals surface area contributed by atoms with Crippen LogP contribution < -0.4 is 5.32 Å². The lowest BCUT2D eigenvalue weighted by Crippen LogP contribution is -2.05. The number of nitrogens with one attached hydrogen (secondary N) is 1. The van der Waals surface area contributed by atoms with Crippen molar-refractivity contribution in [2.75, 3.05) is 12.4 Å². The molecule has 0 fully saturated rings. The number of carbonyl (C=O) groups excluding carboxylic acids is 1. The molecular weight excluding hydrogens is 230 g/mol. The maximum Gasteiger partial charge on any atom is 0.339 e. The summed E-state index contributed by atoms with van der Waals surface area (Å²) in [5, 5.41) is 20.1. The number of rotatable bonds is 4. The normalized spacial score (nSPS) is 10.1. The third-order valence-corrected chi connectivity index (χ3v) is 2.15. The van der Waals surface area contributed by atoms with E-state index >= 15 is 0 Å². The van der Waals surface area contributed by atoms with Crippen molar-refractivity contribution in [3.05, 3.63) is 41.6 Å². The molecular formula is C13H11N3O2. The summed E-state index contributed by atoms with van der Waals surface area (Å²) >= 11 is 0. The van der Waals surface area contributed by atoms with Crippen LogP contribution >= 0.6 is 0 Å². The number of anilines is 1. The van der Waals surface area contributed by atoms with Gasteiger partial charge in [0.15, 0.2) is 0 Å². The van der Waals surface area contributed by atoms with Gasteiger partial charge in [0.1, 0.15) is 0 Å². The molecule has 0 saturated carbocycles. The summed E-state index contributed by atoms with van der Waals surface area (Å²) < 4.78 is 4.64. The first-order chi connectivity index (χ1) is 8.72. The van der Waals surface area contributed by atoms with Crippen LogP contribution in [-0.2, 0) is 4.74 Å². The molecule has 1 aromatic rings. The van der Waals surface area contributed by atoms with Crippen molar-refractivity contribution >= 4 is 11.7 Å². The molecule has 0 atom stereocenters. The first kappa shape index (κ1) is 13.3. The molecule has 0 heterocycles. The van der Waals surface area contributed by atoms with Crippen molar-refractivity contribution in [2.45, 2.75) is 6.42 Å². The third kappa shape index (κ3) is 3.36. The fourth-order valence-corrected chi connectivity index (χ4v) is 1.27. The predicted molar refractivity (Wildman–Crippen MR) is 65.3 cm³/mol. The van der Waals surface area contributed by atoms with Gasteiger partial charge in [0, 0.05) is 6.20 Å². The molecule has 18 heavy (non-hydrogen) atoms. The van der Waals surface area contributed by atoms with E-state index in [1.165, 1.54) is 13.3 Å². The fourth-order valence-electron chi connectivity index (χ4n) is 1.27. The summed E-state index contributed by atoms with van der Waals surface area (Å²) in [7, 11) is 1.30. The molecule has 0 unspecified atom stereocenters. The van der Waals surface area contributed by atoms with Gasteiger partial charge in [-0.25, -0.2) is 4.79 Å². The van der Waals surface area contributed by atoms with Crippen LogP contribution in [0.3, 0.4) is 0 Å². The number of benzene rings is 1. The van der Waals surface area contributed by atoms with E-state index in [1.807, 2.05) is 12.1 Å². The van der Waals surface area contributed by atoms with Gasteiger partial charge < -0.3 is 10.1 Å². The molecule has 0 bridgehead atoms. The van der Waals surface area contributed by atoms with Gasteiger partial charge in [-0.15, -0.1) is 0 Å². The Balaban J connectivity index is 2.96. The SMILES string of the molecule is COC(=O)c1ccccc1N/C=C(/C#N)CC#N. The molecule has 0 radical (unpaired) electrons. The summed E-state index contributed by atoms with van der Waals surface area (Å²) in [6.07, 6.45) is 1.43. The lowest BCUT2D eigenvalue weighted by molar-refractivity contribution is 0.0602. The largest absolute Gasteiger partial charge is 0.465 e. The number of carbonyl (C=O) groups is 1. The molecule has 1 rings (SSSR count). The molecule has 0 spiro atoms. The Morgan fingerprint density at radius 1 is 1.44 bits per heavy atom. The Hall–Kier alpha value is -2.79. The van der Waals surface area contributed by atoms with E-state index in [-0.39, 0.29) is 12.0 Å². The zero-order chi connectivity index (χ0) is 13.4. The smallest absolute Gasteiger partial charge is 0.339 e. The number of para-hydroxylation sites is 1. The predicted octanol–water partition coefficient (Wildman–Crippen LogP) is 2.21. The van der Waals surface area contributed by atoms with Crippen molar-refractivity contribution in [1.82, 2.24) is 0 Å². The second kappa shape index (κ2) is 6.72. The number of ether oxygens (including phenoxy) is 1. The van der Waals surface area contributed by atoms with E-state index in [4.69, 9.17) is 10.5 Å². The van der Waals surface area contributed by atoms with Gasteiger partial charge >= 0.3 is 5.97 Å². The highest BCUT2D eigenvalue weighted by atomic mass is 16.5. The number of hydrogen-bond acceptors (Lipinski definition) is 5. The molecule has 0 aliphatic rings. The van der Waals surface area contributed by atoms with Crippen molar-refractivity contribution in [1.29, 1.82) is 10.5 Å². The summed E-state index contributed by atoms with van der Waals surface area (Å²) in [6.45, 7) is 0. The number of esters is 1. The minimum absolute atomic E-state index is 0.0177. The lowest BCUT2D eigenvalue weighted by atomic mass is 10.1. The van der Waals surface area contributed by atoms with E-state index in [0.29, 0.717) is 11.3 Å². The van der Waals surface area contributed by atoms with E-state index in [2.05, 4.69) is 10.1 Å². The molecule has 1 aromatic carbocycles. The minimum Gasteiger partial charge on any atom is -0.465 e. The maximum absolute atomic E-state index is 11.5. The van der Waals surface area contributed by atoms with Crippen LogP contribution in [-0.4, -0.2) is 13.1 Å². The van der Waals surface area contributed by atoms with Gasteiger partial charge in [-0.2, -0.15) is 10.5 Å². The zero-order valence-corrected chi connectivity index (χ0v) is 9.80. The van der Waals surface area contributed by atoms with Crippen LogP contribution in [0.15, 0.2) is 36.0 Å². The molecule has 0 saturated heterocycles. The van der Waals surface area contributed by atoms with Crippen molar-refractivity contribution in [3.8, 4) is 12.1 Å². The van der Waals surface area contributed by atoms with Crippen LogP contribution in [0.5, 0.6) is 0 Å². The second-order valence-electron chi connectivity index (χ2n) is 3.30. The molecule has 0 aliphatic heterocycles. The molecule has 0 aromatic heterocycles. The number of methoxy groups -OCH3 is 1. The van der Waals surface area contributed by atoms with Gasteiger partial charge in [-0.05, 0) is 12.1 Å². The van der Waals surface area contributed by atoms with Crippen molar-refractivity contribution < 1.29 is 9.53 Å². The first-order valence-electron chi connectivity index (χ1n) is 5.13. The van der Waals surface area contributed by atoms with Crippen LogP contribution in [0.1, 0.15) is 16.8 Å². The average molecular weight is 241 g/mol. The number of hydrogen-bond donors (Lipinski definition) is 1. The van der Waals surface area contributed by atoms with Crippen LogP contribution in [0.25, 0.3) is 0 Å². The quantitative estimate of drug-likeness (QED) is 0.645. The summed E-state index contributed by atoms with van der Waals surface area (Å²) in [5.41, 5.74) is 1.18. The Bertz CT molecular complexity index is 550. The Labute approximate surface area is 105 Å². The average Bonchev–Trinajstić information content (AvgIpc) is 2.43. The van der Waals surface area contributed by atoms with Gasteiger partial charge in [-0.1, -0.05) is 12.1 Å². The summed E-state index contributed by atoms with van der Waals surface area (Å²) in [4.78, 5) is 11.5. The highest BCUT2D eigenvalue weighted by molar-refractivity contribution is 5.95. The van der Waals surface area contributed by atoms with E-state index in [0.717, 1.165) is 0 Å². The van der Waals surface area contributed by atoms with Crippen LogP contribution in [0, 0.1) is 22.7 Å². The van der Waals surface area contributed by atoms with Gasteiger partial charge in [0.25, 0.3) is 0 Å². The molecule has 0 aliphatic carbocycles. The molecule has 90 valence electrons. The highest BCUT2D eigenvalue weighted by Crippen LogP contribution is 2.16. The second-order valence-corrected chi connectivity index (χ2v) is 3.30. The maximum atomic E-state index is 11.5. The highest BCUT2D eigenvalue weighted by Gasteiger charge is 2.09. The van der Waals surface area contributed by atoms with E-state index in [1.54, 1.807) is 24.3 Å². The molecule has 0 amide bonds. The lowest BCUT2D eigenvalue weighted by Gasteiger charge is -2.07. The monoisotopic (exact) mass is 241 g/mol. The standard InChI is InChI=1S/C13H11N3O2/c1-18-13(17)11-4-2-3-5-12(11)16-9-10(8-15)6-7-14/h2-5,9,16H,6H2,1H3/b10-9+. The van der Waals surface area contributed by atoms with Gasteiger partial charge in [0.05, 0.1) is 42.5 Å². The molecule has 5 nitrogen and oxygen atoms in total. The van der Waals surface area contributed by atoms with Crippen molar-refractivity contribution in [2.24, 2.45) is 0 Å².